The fourth-order valence-electron chi connectivity index (χ4n) is 3.87. The van der Waals surface area contributed by atoms with Crippen LogP contribution in [0.5, 0.6) is 5.75 Å². The molecule has 1 aromatic carbocycles. The highest BCUT2D eigenvalue weighted by Crippen LogP contribution is 2.39. The quantitative estimate of drug-likeness (QED) is 0.797. The third-order valence-electron chi connectivity index (χ3n) is 5.49. The zero-order chi connectivity index (χ0) is 20.5. The van der Waals surface area contributed by atoms with E-state index in [0.29, 0.717) is 6.54 Å². The second-order valence-corrected chi connectivity index (χ2v) is 7.61. The Morgan fingerprint density at radius 1 is 1.31 bits per heavy atom. The Bertz CT molecular complexity index is 904. The Hall–Kier alpha value is -2.87. The number of hydrogen-bond donors (Lipinski definition) is 1. The van der Waals surface area contributed by atoms with Crippen molar-refractivity contribution in [2.24, 2.45) is 7.05 Å². The van der Waals surface area contributed by atoms with Gasteiger partial charge in [-0.05, 0) is 37.5 Å². The molecule has 2 amide bonds. The maximum absolute atomic E-state index is 13.1. The maximum atomic E-state index is 13.1. The van der Waals surface area contributed by atoms with Gasteiger partial charge in [-0.1, -0.05) is 12.1 Å². The molecule has 1 N–H and O–H groups in total. The van der Waals surface area contributed by atoms with E-state index < -0.39 is 12.1 Å². The Kier molecular flexibility index (Phi) is 5.27. The van der Waals surface area contributed by atoms with E-state index in [9.17, 15) is 9.59 Å². The molecular formula is C21H26N4O4. The summed E-state index contributed by atoms with van der Waals surface area (Å²) in [7, 11) is 3.46. The first-order chi connectivity index (χ1) is 14.0. The standard InChI is InChI=1S/C21H26N4O4/c1-13-15(11-24(2)23-13)10-22-21(27)20-19(14-4-8-17(28-3)9-5-14)25(16-6-7-16)18(26)12-29-20/h4-5,8-9,11,16,19-20H,6-7,10,12H2,1-3H3,(H,22,27)/t19-,20+/m1/s1. The van der Waals surface area contributed by atoms with Crippen LogP contribution in [0.2, 0.25) is 0 Å². The number of aromatic nitrogens is 2. The number of morpholine rings is 1. The fraction of sp³-hybridized carbons (Fsp3) is 0.476. The molecule has 1 aliphatic heterocycles. The van der Waals surface area contributed by atoms with Crippen LogP contribution in [0, 0.1) is 6.92 Å². The fourth-order valence-corrected chi connectivity index (χ4v) is 3.87. The van der Waals surface area contributed by atoms with Gasteiger partial charge >= 0.3 is 0 Å². The van der Waals surface area contributed by atoms with Gasteiger partial charge in [-0.15, -0.1) is 0 Å². The van der Waals surface area contributed by atoms with Gasteiger partial charge in [0.2, 0.25) is 5.91 Å². The van der Waals surface area contributed by atoms with Crippen molar-refractivity contribution in [3.8, 4) is 5.75 Å². The SMILES string of the molecule is COc1ccc([C@@H]2[C@@H](C(=O)NCc3cn(C)nc3C)OCC(=O)N2C2CC2)cc1. The Morgan fingerprint density at radius 2 is 2.03 bits per heavy atom. The molecule has 1 saturated heterocycles. The van der Waals surface area contributed by atoms with Crippen LogP contribution in [0.15, 0.2) is 30.5 Å². The van der Waals surface area contributed by atoms with Gasteiger partial charge < -0.3 is 19.7 Å². The summed E-state index contributed by atoms with van der Waals surface area (Å²) >= 11 is 0. The number of nitrogens with zero attached hydrogens (tertiary/aromatic N) is 3. The Balaban J connectivity index is 1.57. The predicted molar refractivity (Wildman–Crippen MR) is 105 cm³/mol. The van der Waals surface area contributed by atoms with E-state index in [0.717, 1.165) is 35.4 Å². The van der Waals surface area contributed by atoms with Crippen molar-refractivity contribution in [2.75, 3.05) is 13.7 Å². The van der Waals surface area contributed by atoms with Crippen LogP contribution in [-0.4, -0.2) is 52.4 Å². The first-order valence-electron chi connectivity index (χ1n) is 9.81. The number of carbonyl (C=O) groups excluding carboxylic acids is 2. The molecule has 8 heteroatoms. The van der Waals surface area contributed by atoms with Crippen LogP contribution in [0.1, 0.15) is 35.7 Å². The van der Waals surface area contributed by atoms with Gasteiger partial charge in [0.05, 0.1) is 18.8 Å². The van der Waals surface area contributed by atoms with E-state index in [4.69, 9.17) is 9.47 Å². The molecule has 2 aliphatic rings. The number of ether oxygens (including phenoxy) is 2. The lowest BCUT2D eigenvalue weighted by Crippen LogP contribution is -2.55. The minimum absolute atomic E-state index is 0.0690. The minimum atomic E-state index is -0.765. The zero-order valence-electron chi connectivity index (χ0n) is 16.9. The molecule has 1 aromatic heterocycles. The number of amides is 2. The highest BCUT2D eigenvalue weighted by molar-refractivity contribution is 5.86. The van der Waals surface area contributed by atoms with Crippen molar-refractivity contribution in [1.82, 2.24) is 20.0 Å². The molecule has 2 aromatic rings. The topological polar surface area (TPSA) is 85.7 Å². The van der Waals surface area contributed by atoms with E-state index in [2.05, 4.69) is 10.4 Å². The lowest BCUT2D eigenvalue weighted by Gasteiger charge is -2.40. The molecule has 29 heavy (non-hydrogen) atoms. The van der Waals surface area contributed by atoms with Crippen LogP contribution in [0.25, 0.3) is 0 Å². The molecule has 4 rings (SSSR count). The van der Waals surface area contributed by atoms with Gasteiger partial charge in [0.25, 0.3) is 5.91 Å². The van der Waals surface area contributed by atoms with Crippen molar-refractivity contribution in [3.05, 3.63) is 47.3 Å². The van der Waals surface area contributed by atoms with Gasteiger partial charge in [0.15, 0.2) is 6.10 Å². The van der Waals surface area contributed by atoms with Gasteiger partial charge in [-0.25, -0.2) is 0 Å². The van der Waals surface area contributed by atoms with Crippen LogP contribution in [0.4, 0.5) is 0 Å². The van der Waals surface area contributed by atoms with Crippen LogP contribution in [0.3, 0.4) is 0 Å². The summed E-state index contributed by atoms with van der Waals surface area (Å²) in [6.45, 7) is 2.20. The second-order valence-electron chi connectivity index (χ2n) is 7.61. The summed E-state index contributed by atoms with van der Waals surface area (Å²) in [5.41, 5.74) is 2.69. The van der Waals surface area contributed by atoms with Gasteiger partial charge in [-0.3, -0.25) is 14.3 Å². The summed E-state index contributed by atoms with van der Waals surface area (Å²) in [5, 5.41) is 7.26. The first kappa shape index (κ1) is 19.4. The average molecular weight is 398 g/mol. The number of methoxy groups -OCH3 is 1. The van der Waals surface area contributed by atoms with E-state index in [1.165, 1.54) is 0 Å². The van der Waals surface area contributed by atoms with E-state index in [-0.39, 0.29) is 24.5 Å². The predicted octanol–water partition coefficient (Wildman–Crippen LogP) is 1.48. The molecule has 0 spiro atoms. The molecule has 1 saturated carbocycles. The minimum Gasteiger partial charge on any atom is -0.497 e. The van der Waals surface area contributed by atoms with E-state index >= 15 is 0 Å². The molecule has 2 fully saturated rings. The van der Waals surface area contributed by atoms with Crippen LogP contribution in [-0.2, 0) is 27.9 Å². The zero-order valence-corrected chi connectivity index (χ0v) is 16.9. The first-order valence-corrected chi connectivity index (χ1v) is 9.81. The van der Waals surface area contributed by atoms with Crippen molar-refractivity contribution < 1.29 is 19.1 Å². The highest BCUT2D eigenvalue weighted by Gasteiger charge is 2.47. The van der Waals surface area contributed by atoms with Crippen molar-refractivity contribution in [2.45, 2.75) is 44.5 Å². The molecule has 2 heterocycles. The van der Waals surface area contributed by atoms with Gasteiger partial charge in [0.1, 0.15) is 12.4 Å². The van der Waals surface area contributed by atoms with Crippen molar-refractivity contribution in [1.29, 1.82) is 0 Å². The molecule has 0 radical (unpaired) electrons. The summed E-state index contributed by atoms with van der Waals surface area (Å²) in [4.78, 5) is 27.5. The number of carbonyl (C=O) groups is 2. The third kappa shape index (κ3) is 3.98. The number of nitrogens with one attached hydrogen (secondary N) is 1. The van der Waals surface area contributed by atoms with Crippen LogP contribution >= 0.6 is 0 Å². The normalized spacial score (nSPS) is 21.9. The smallest absolute Gasteiger partial charge is 0.251 e. The summed E-state index contributed by atoms with van der Waals surface area (Å²) in [5.74, 6) is 0.426. The molecule has 0 bridgehead atoms. The third-order valence-corrected chi connectivity index (χ3v) is 5.49. The maximum Gasteiger partial charge on any atom is 0.251 e. The van der Waals surface area contributed by atoms with Crippen molar-refractivity contribution >= 4 is 11.8 Å². The highest BCUT2D eigenvalue weighted by atomic mass is 16.5. The molecule has 8 nitrogen and oxygen atoms in total. The Labute approximate surface area is 169 Å². The Morgan fingerprint density at radius 3 is 2.62 bits per heavy atom. The average Bonchev–Trinajstić information content (AvgIpc) is 3.50. The summed E-state index contributed by atoms with van der Waals surface area (Å²) in [6, 6.07) is 7.19. The van der Waals surface area contributed by atoms with Gasteiger partial charge in [0, 0.05) is 31.4 Å². The number of hydrogen-bond acceptors (Lipinski definition) is 5. The molecule has 154 valence electrons. The van der Waals surface area contributed by atoms with E-state index in [1.807, 2.05) is 49.3 Å². The lowest BCUT2D eigenvalue weighted by molar-refractivity contribution is -0.165. The largest absolute Gasteiger partial charge is 0.497 e. The molecular weight excluding hydrogens is 372 g/mol. The number of aryl methyl sites for hydroxylation is 2. The van der Waals surface area contributed by atoms with E-state index in [1.54, 1.807) is 11.8 Å². The monoisotopic (exact) mass is 398 g/mol. The summed E-state index contributed by atoms with van der Waals surface area (Å²) < 4.78 is 12.7. The van der Waals surface area contributed by atoms with Crippen molar-refractivity contribution in [3.63, 3.8) is 0 Å². The number of benzene rings is 1. The molecule has 2 atom stereocenters. The molecule has 1 aliphatic carbocycles. The second kappa shape index (κ2) is 7.87. The lowest BCUT2D eigenvalue weighted by atomic mass is 9.96. The molecule has 0 unspecified atom stereocenters. The van der Waals surface area contributed by atoms with Crippen LogP contribution < -0.4 is 10.1 Å². The van der Waals surface area contributed by atoms with Gasteiger partial charge in [-0.2, -0.15) is 5.10 Å². The number of rotatable bonds is 6. The summed E-state index contributed by atoms with van der Waals surface area (Å²) in [6.07, 6.45) is 3.04.